The molecule has 0 saturated heterocycles. The molecule has 1 heterocycles. The van der Waals surface area contributed by atoms with Crippen molar-refractivity contribution in [3.8, 4) is 11.5 Å². The number of ether oxygens (including phenoxy) is 1. The Balaban J connectivity index is 1.51. The number of amides is 1. The van der Waals surface area contributed by atoms with Gasteiger partial charge in [0.2, 0.25) is 5.91 Å². The van der Waals surface area contributed by atoms with Gasteiger partial charge >= 0.3 is 0 Å². The van der Waals surface area contributed by atoms with Gasteiger partial charge in [-0.15, -0.1) is 0 Å². The normalized spacial score (nSPS) is 10.1. The second kappa shape index (κ2) is 8.77. The minimum absolute atomic E-state index is 0.172. The Labute approximate surface area is 162 Å². The predicted molar refractivity (Wildman–Crippen MR) is 110 cm³/mol. The van der Waals surface area contributed by atoms with Gasteiger partial charge in [0.25, 0.3) is 0 Å². The molecule has 27 heavy (non-hydrogen) atoms. The largest absolute Gasteiger partial charge is 0.457 e. The fourth-order valence-corrected chi connectivity index (χ4v) is 2.58. The lowest BCUT2D eigenvalue weighted by Crippen LogP contribution is -2.35. The first-order valence-electron chi connectivity index (χ1n) is 8.23. The van der Waals surface area contributed by atoms with Crippen LogP contribution in [0, 0.1) is 0 Å². The Morgan fingerprint density at radius 3 is 2.48 bits per heavy atom. The highest BCUT2D eigenvalue weighted by molar-refractivity contribution is 7.80. The second-order valence-corrected chi connectivity index (χ2v) is 6.12. The number of thiocarbonyl (C=S) groups is 1. The molecule has 0 saturated carbocycles. The molecule has 0 unspecified atom stereocenters. The smallest absolute Gasteiger partial charge is 0.230 e. The fraction of sp³-hybridized carbons (Fsp3) is 0.0500. The topological polar surface area (TPSA) is 89.3 Å². The highest BCUT2D eigenvalue weighted by atomic mass is 32.1. The monoisotopic (exact) mass is 378 g/mol. The third-order valence-electron chi connectivity index (χ3n) is 3.56. The Morgan fingerprint density at radius 1 is 1.04 bits per heavy atom. The van der Waals surface area contributed by atoms with Crippen LogP contribution in [0.25, 0.3) is 0 Å². The highest BCUT2D eigenvalue weighted by Gasteiger charge is 2.06. The molecule has 7 heteroatoms. The first-order valence-corrected chi connectivity index (χ1v) is 8.63. The molecule has 0 aliphatic rings. The fourth-order valence-electron chi connectivity index (χ4n) is 2.35. The number of nitrogens with two attached hydrogens (primary N) is 1. The van der Waals surface area contributed by atoms with Crippen LogP contribution in [0.3, 0.4) is 0 Å². The first-order chi connectivity index (χ1) is 13.1. The number of hydrogen-bond acceptors (Lipinski definition) is 5. The van der Waals surface area contributed by atoms with Gasteiger partial charge in [0.15, 0.2) is 5.11 Å². The van der Waals surface area contributed by atoms with Crippen LogP contribution in [-0.4, -0.2) is 16.0 Å². The number of anilines is 2. The van der Waals surface area contributed by atoms with Gasteiger partial charge < -0.3 is 21.1 Å². The Morgan fingerprint density at radius 2 is 1.78 bits per heavy atom. The zero-order chi connectivity index (χ0) is 19.1. The van der Waals surface area contributed by atoms with Crippen LogP contribution in [0.15, 0.2) is 72.9 Å². The number of pyridine rings is 1. The van der Waals surface area contributed by atoms with E-state index in [1.807, 2.05) is 30.3 Å². The zero-order valence-corrected chi connectivity index (χ0v) is 15.2. The third kappa shape index (κ3) is 5.79. The number of nitrogens with zero attached hydrogens (tertiary/aromatic N) is 1. The average molecular weight is 378 g/mol. The molecular weight excluding hydrogens is 360 g/mol. The maximum Gasteiger partial charge on any atom is 0.230 e. The third-order valence-corrected chi connectivity index (χ3v) is 3.77. The van der Waals surface area contributed by atoms with Crippen molar-refractivity contribution in [2.75, 3.05) is 11.1 Å². The van der Waals surface area contributed by atoms with E-state index in [1.165, 1.54) is 0 Å². The van der Waals surface area contributed by atoms with Crippen molar-refractivity contribution in [1.82, 2.24) is 10.3 Å². The number of nitrogens with one attached hydrogen (secondary N) is 2. The van der Waals surface area contributed by atoms with E-state index in [-0.39, 0.29) is 17.4 Å². The van der Waals surface area contributed by atoms with E-state index in [4.69, 9.17) is 22.7 Å². The maximum absolute atomic E-state index is 12.0. The number of hydrogen-bond donors (Lipinski definition) is 3. The molecule has 136 valence electrons. The molecule has 1 aromatic heterocycles. The summed E-state index contributed by atoms with van der Waals surface area (Å²) in [7, 11) is 0. The summed E-state index contributed by atoms with van der Waals surface area (Å²) in [6.07, 6.45) is 1.85. The molecule has 3 rings (SSSR count). The molecular formula is C20H18N4O2S. The summed E-state index contributed by atoms with van der Waals surface area (Å²) >= 11 is 5.19. The van der Waals surface area contributed by atoms with Crippen molar-refractivity contribution >= 4 is 34.7 Å². The van der Waals surface area contributed by atoms with Gasteiger partial charge in [0.05, 0.1) is 6.42 Å². The van der Waals surface area contributed by atoms with Gasteiger partial charge in [-0.1, -0.05) is 30.3 Å². The number of carbonyl (C=O) groups is 1. The molecule has 4 N–H and O–H groups in total. The Hall–Kier alpha value is -3.45. The Bertz CT molecular complexity index is 930. The lowest BCUT2D eigenvalue weighted by Gasteiger charge is -2.11. The van der Waals surface area contributed by atoms with E-state index < -0.39 is 0 Å². The van der Waals surface area contributed by atoms with Crippen molar-refractivity contribution in [2.24, 2.45) is 0 Å². The minimum Gasteiger partial charge on any atom is -0.457 e. The molecule has 0 radical (unpaired) electrons. The molecule has 0 spiro atoms. The molecule has 2 aromatic carbocycles. The van der Waals surface area contributed by atoms with Gasteiger partial charge in [-0.2, -0.15) is 0 Å². The summed E-state index contributed by atoms with van der Waals surface area (Å²) in [5.74, 6) is 1.47. The van der Waals surface area contributed by atoms with Gasteiger partial charge in [-0.05, 0) is 48.1 Å². The maximum atomic E-state index is 12.0. The summed E-state index contributed by atoms with van der Waals surface area (Å²) in [6.45, 7) is 0. The van der Waals surface area contributed by atoms with Gasteiger partial charge in [0.1, 0.15) is 17.3 Å². The van der Waals surface area contributed by atoms with Crippen molar-refractivity contribution in [1.29, 1.82) is 0 Å². The molecule has 0 bridgehead atoms. The number of carbonyl (C=O) groups excluding carboxylic acids is 1. The number of rotatable bonds is 5. The number of aromatic nitrogens is 1. The van der Waals surface area contributed by atoms with Crippen LogP contribution in [0.4, 0.5) is 11.5 Å². The van der Waals surface area contributed by atoms with Crippen LogP contribution >= 0.6 is 12.2 Å². The van der Waals surface area contributed by atoms with Crippen LogP contribution in [0.5, 0.6) is 11.5 Å². The van der Waals surface area contributed by atoms with Crippen LogP contribution < -0.4 is 21.1 Å². The van der Waals surface area contributed by atoms with Crippen molar-refractivity contribution in [3.63, 3.8) is 0 Å². The number of nitrogen functional groups attached to an aromatic ring is 1. The lowest BCUT2D eigenvalue weighted by molar-refractivity contribution is -0.119. The van der Waals surface area contributed by atoms with Crippen molar-refractivity contribution in [2.45, 2.75) is 6.42 Å². The summed E-state index contributed by atoms with van der Waals surface area (Å²) in [5.41, 5.74) is 7.29. The summed E-state index contributed by atoms with van der Waals surface area (Å²) in [5, 5.41) is 5.88. The van der Waals surface area contributed by atoms with E-state index in [0.717, 1.165) is 11.3 Å². The van der Waals surface area contributed by atoms with Crippen molar-refractivity contribution in [3.05, 3.63) is 78.5 Å². The molecule has 0 atom stereocenters. The van der Waals surface area contributed by atoms with E-state index in [9.17, 15) is 4.79 Å². The van der Waals surface area contributed by atoms with Gasteiger partial charge in [-0.25, -0.2) is 4.98 Å². The first kappa shape index (κ1) is 18.3. The van der Waals surface area contributed by atoms with E-state index in [2.05, 4.69) is 15.6 Å². The SMILES string of the molecule is Nc1cc(Oc2ccc(NC(=S)NC(=O)Cc3ccccc3)cc2)ccn1. The summed E-state index contributed by atoms with van der Waals surface area (Å²) in [6, 6.07) is 20.0. The molecule has 0 aliphatic heterocycles. The van der Waals surface area contributed by atoms with Crippen LogP contribution in [0.1, 0.15) is 5.56 Å². The predicted octanol–water partition coefficient (Wildman–Crippen LogP) is 3.51. The molecule has 0 fully saturated rings. The van der Waals surface area contributed by atoms with E-state index in [1.54, 1.807) is 42.6 Å². The molecule has 0 aliphatic carbocycles. The quantitative estimate of drug-likeness (QED) is 0.589. The summed E-state index contributed by atoms with van der Waals surface area (Å²) < 4.78 is 5.70. The summed E-state index contributed by atoms with van der Waals surface area (Å²) in [4.78, 5) is 15.9. The van der Waals surface area contributed by atoms with E-state index in [0.29, 0.717) is 17.3 Å². The second-order valence-electron chi connectivity index (χ2n) is 5.71. The molecule has 1 amide bonds. The minimum atomic E-state index is -0.172. The molecule has 6 nitrogen and oxygen atoms in total. The van der Waals surface area contributed by atoms with Crippen molar-refractivity contribution < 1.29 is 9.53 Å². The molecule has 3 aromatic rings. The standard InChI is InChI=1S/C20H18N4O2S/c21-18-13-17(10-11-22-18)26-16-8-6-15(7-9-16)23-20(27)24-19(25)12-14-4-2-1-3-5-14/h1-11,13H,12H2,(H2,21,22)(H2,23,24,25,27). The average Bonchev–Trinajstić information content (AvgIpc) is 2.64. The van der Waals surface area contributed by atoms with Gasteiger partial charge in [0, 0.05) is 18.0 Å². The van der Waals surface area contributed by atoms with E-state index >= 15 is 0 Å². The zero-order valence-electron chi connectivity index (χ0n) is 14.4. The highest BCUT2D eigenvalue weighted by Crippen LogP contribution is 2.23. The Kier molecular flexibility index (Phi) is 5.96. The van der Waals surface area contributed by atoms with Crippen LogP contribution in [-0.2, 0) is 11.2 Å². The van der Waals surface area contributed by atoms with Gasteiger partial charge in [-0.3, -0.25) is 4.79 Å². The lowest BCUT2D eigenvalue weighted by atomic mass is 10.1. The number of benzene rings is 2. The van der Waals surface area contributed by atoms with Crippen LogP contribution in [0.2, 0.25) is 0 Å².